The van der Waals surface area contributed by atoms with Crippen molar-refractivity contribution in [2.45, 2.75) is 33.6 Å². The average Bonchev–Trinajstić information content (AvgIpc) is 3.69. The van der Waals surface area contributed by atoms with Crippen LogP contribution in [0.4, 0.5) is 13.2 Å². The minimum absolute atomic E-state index is 0. The van der Waals surface area contributed by atoms with Crippen LogP contribution in [-0.4, -0.2) is 9.97 Å². The summed E-state index contributed by atoms with van der Waals surface area (Å²) in [4.78, 5) is 8.60. The van der Waals surface area contributed by atoms with Crippen LogP contribution in [0.25, 0.3) is 88.3 Å². The minimum atomic E-state index is -4.79. The van der Waals surface area contributed by atoms with Gasteiger partial charge in [0.25, 0.3) is 0 Å². The number of hydrogen-bond acceptors (Lipinski definition) is 3. The summed E-state index contributed by atoms with van der Waals surface area (Å²) in [6.07, 6.45) is -2.37. The number of halogens is 3. The van der Waals surface area contributed by atoms with Gasteiger partial charge in [-0.2, -0.15) is 13.2 Å². The molecule has 10 rings (SSSR count). The zero-order valence-electron chi connectivity index (χ0n) is 43.2. The summed E-state index contributed by atoms with van der Waals surface area (Å²) in [6.45, 7) is -10.2. The second-order valence-corrected chi connectivity index (χ2v) is 13.9. The molecule has 10 aromatic rings. The van der Waals surface area contributed by atoms with Crippen molar-refractivity contribution in [3.05, 3.63) is 192 Å². The Kier molecular flexibility index (Phi) is 7.66. The Hall–Kier alpha value is -6.40. The number of rotatable bonds is 4. The molecule has 0 saturated heterocycles. The molecule has 0 spiro atoms. The van der Waals surface area contributed by atoms with Gasteiger partial charge in [-0.15, -0.1) is 47.5 Å². The number of aromatic nitrogens is 2. The van der Waals surface area contributed by atoms with E-state index < -0.39 is 44.7 Å². The van der Waals surface area contributed by atoms with Crippen LogP contribution in [0.3, 0.4) is 0 Å². The van der Waals surface area contributed by atoms with Gasteiger partial charge >= 0.3 is 6.18 Å². The Labute approximate surface area is 376 Å². The number of alkyl halides is 3. The van der Waals surface area contributed by atoms with Gasteiger partial charge in [0.1, 0.15) is 5.58 Å². The number of nitrogens with zero attached hydrogens (tertiary/aromatic N) is 2. The molecule has 0 bridgehead atoms. The molecule has 0 atom stereocenters. The quantitative estimate of drug-likeness (QED) is 0.130. The van der Waals surface area contributed by atoms with E-state index in [2.05, 4.69) is 28.2 Å². The number of pyridine rings is 2. The number of benzene rings is 7. The molecule has 0 amide bonds. The first-order chi connectivity index (χ1) is 33.4. The number of furan rings is 1. The Balaban J connectivity index is 0.000000219. The molecule has 0 N–H and O–H groups in total. The zero-order chi connectivity index (χ0) is 50.8. The molecule has 60 heavy (non-hydrogen) atoms. The van der Waals surface area contributed by atoms with Crippen LogP contribution >= 0.6 is 0 Å². The van der Waals surface area contributed by atoms with Crippen LogP contribution in [0.2, 0.25) is 0 Å². The first-order valence-electron chi connectivity index (χ1n) is 24.4. The molecule has 0 saturated carbocycles. The van der Waals surface area contributed by atoms with Crippen molar-refractivity contribution in [3.63, 3.8) is 0 Å². The van der Waals surface area contributed by atoms with E-state index in [0.29, 0.717) is 39.6 Å². The average molecular weight is 979 g/mol. The van der Waals surface area contributed by atoms with Crippen molar-refractivity contribution in [1.82, 2.24) is 9.97 Å². The molecular weight excluding hydrogens is 930 g/mol. The largest absolute Gasteiger partial charge is 0.501 e. The third-order valence-electron chi connectivity index (χ3n) is 10.2. The van der Waals surface area contributed by atoms with Crippen molar-refractivity contribution >= 4 is 43.5 Å². The van der Waals surface area contributed by atoms with E-state index in [1.165, 1.54) is 24.4 Å². The van der Waals surface area contributed by atoms with Gasteiger partial charge in [0, 0.05) is 54.3 Å². The maximum atomic E-state index is 13.6. The second kappa shape index (κ2) is 16.3. The molecule has 3 aromatic heterocycles. The van der Waals surface area contributed by atoms with Crippen molar-refractivity contribution in [2.75, 3.05) is 0 Å². The van der Waals surface area contributed by atoms with E-state index in [0.717, 1.165) is 56.2 Å². The summed E-state index contributed by atoms with van der Waals surface area (Å²) in [7, 11) is 0. The van der Waals surface area contributed by atoms with E-state index in [1.54, 1.807) is 18.2 Å². The topological polar surface area (TPSA) is 38.9 Å². The second-order valence-electron chi connectivity index (χ2n) is 13.9. The summed E-state index contributed by atoms with van der Waals surface area (Å²) in [5, 5.41) is 5.77. The van der Waals surface area contributed by atoms with E-state index in [4.69, 9.17) is 20.9 Å². The van der Waals surface area contributed by atoms with Gasteiger partial charge in [0.05, 0.1) is 11.1 Å². The first-order valence-corrected chi connectivity index (χ1v) is 18.4. The fourth-order valence-electron chi connectivity index (χ4n) is 7.25. The number of fused-ring (bicyclic) bond motifs is 6. The van der Waals surface area contributed by atoms with Gasteiger partial charge in [-0.05, 0) is 111 Å². The molecule has 0 unspecified atom stereocenters. The molecule has 3 heterocycles. The van der Waals surface area contributed by atoms with Gasteiger partial charge in [-0.1, -0.05) is 114 Å². The summed E-state index contributed by atoms with van der Waals surface area (Å²) in [5.41, 5.74) is 2.22. The van der Waals surface area contributed by atoms with E-state index in [9.17, 15) is 13.2 Å². The number of aryl methyl sites for hydroxylation is 4. The van der Waals surface area contributed by atoms with Gasteiger partial charge in [0.15, 0.2) is 0 Å². The number of hydrogen-bond donors (Lipinski definition) is 0. The molecule has 0 aliphatic carbocycles. The molecule has 7 aromatic carbocycles. The molecular formula is C53H37F3IrN2O-2. The van der Waals surface area contributed by atoms with E-state index >= 15 is 0 Å². The Morgan fingerprint density at radius 2 is 1.38 bits per heavy atom. The van der Waals surface area contributed by atoms with Gasteiger partial charge < -0.3 is 14.4 Å². The standard InChI is InChI=1S/C34H21F3NO.C19H16N.Ir/c1-19-14-23(34(35,36)37)12-13-24(19)28-16-31(38-18-20(28)2)27-9-5-8-26-30-15-22-11-10-21-6-3-4-7-25(21)29(22)17-32(30)39-33(26)27;1-14-8-11-19(20-13-14)17-10-9-15(2)18(12-17)16-6-4-3-5-7-16;/h3-8,10-18H,1-2H3;3-9,11-13H,1-2H3;/q2*-1;/i2*1D3,2D3;. The minimum Gasteiger partial charge on any atom is -0.501 e. The maximum Gasteiger partial charge on any atom is 0.416 e. The summed E-state index contributed by atoms with van der Waals surface area (Å²) < 4.78 is 141. The first kappa shape index (κ1) is 28.1. The zero-order valence-corrected chi connectivity index (χ0v) is 33.6. The third kappa shape index (κ3) is 7.75. The van der Waals surface area contributed by atoms with Gasteiger partial charge in [-0.25, -0.2) is 0 Å². The molecule has 0 aliphatic rings. The van der Waals surface area contributed by atoms with E-state index in [1.807, 2.05) is 78.9 Å². The molecule has 297 valence electrons. The monoisotopic (exact) mass is 979 g/mol. The van der Waals surface area contributed by atoms with E-state index in [-0.39, 0.29) is 53.6 Å². The van der Waals surface area contributed by atoms with Crippen molar-refractivity contribution in [1.29, 1.82) is 0 Å². The van der Waals surface area contributed by atoms with Crippen LogP contribution < -0.4 is 0 Å². The summed E-state index contributed by atoms with van der Waals surface area (Å²) in [5.74, 6) is 0. The van der Waals surface area contributed by atoms with Gasteiger partial charge in [0.2, 0.25) is 0 Å². The van der Waals surface area contributed by atoms with Crippen LogP contribution in [0.15, 0.2) is 156 Å². The predicted octanol–water partition coefficient (Wildman–Crippen LogP) is 14.9. The predicted molar refractivity (Wildman–Crippen MR) is 234 cm³/mol. The van der Waals surface area contributed by atoms with Crippen LogP contribution in [0, 0.1) is 39.5 Å². The normalized spacial score (nSPS) is 15.2. The third-order valence-corrected chi connectivity index (χ3v) is 10.2. The Morgan fingerprint density at radius 3 is 2.17 bits per heavy atom. The summed E-state index contributed by atoms with van der Waals surface area (Å²) in [6, 6.07) is 44.9. The fourth-order valence-corrected chi connectivity index (χ4v) is 7.25. The van der Waals surface area contributed by atoms with Crippen molar-refractivity contribution < 1.29 is 54.1 Å². The Bertz CT molecular complexity index is 3640. The van der Waals surface area contributed by atoms with Crippen LogP contribution in [0.5, 0.6) is 0 Å². The van der Waals surface area contributed by atoms with Crippen LogP contribution in [-0.2, 0) is 26.3 Å². The molecule has 0 aliphatic heterocycles. The molecule has 0 fully saturated rings. The molecule has 3 nitrogen and oxygen atoms in total. The van der Waals surface area contributed by atoms with Crippen molar-refractivity contribution in [2.24, 2.45) is 0 Å². The van der Waals surface area contributed by atoms with Crippen LogP contribution in [0.1, 0.15) is 44.3 Å². The maximum absolute atomic E-state index is 13.6. The molecule has 1 radical (unpaired) electrons. The smallest absolute Gasteiger partial charge is 0.416 e. The van der Waals surface area contributed by atoms with Crippen molar-refractivity contribution in [3.8, 4) is 44.8 Å². The summed E-state index contributed by atoms with van der Waals surface area (Å²) >= 11 is 0. The Morgan fingerprint density at radius 1 is 0.583 bits per heavy atom. The van der Waals surface area contributed by atoms with Gasteiger partial charge in [-0.3, -0.25) is 0 Å². The molecule has 7 heteroatoms. The fraction of sp³-hybridized carbons (Fsp3) is 0.0943. The SMILES string of the molecule is [2H]C([2H])([2H])c1ccc(-c2[c-]cc(C([2H])([2H])[2H])c(-c3ccccc3)c2)nc1.[2H]C([2H])([2H])c1cnc(-c2[c-]ccc3c2oc2cc4c(ccc5ccccc54)cc23)cc1-c1ccc(C(F)(F)F)cc1C([2H])([2H])[2H].[Ir].